The molecule has 0 saturated heterocycles. The summed E-state index contributed by atoms with van der Waals surface area (Å²) in [5.74, 6) is -0.347. The van der Waals surface area contributed by atoms with Crippen LogP contribution in [0, 0.1) is 0 Å². The summed E-state index contributed by atoms with van der Waals surface area (Å²) in [7, 11) is 0. The van der Waals surface area contributed by atoms with Gasteiger partial charge in [0.25, 0.3) is 5.91 Å². The molecular weight excluding hydrogens is 276 g/mol. The number of carbonyl (C=O) groups excluding carboxylic acids is 2. The van der Waals surface area contributed by atoms with E-state index < -0.39 is 6.03 Å². The van der Waals surface area contributed by atoms with E-state index in [4.69, 9.17) is 0 Å². The zero-order valence-electron chi connectivity index (χ0n) is 10.8. The standard InChI is InChI=1S/C13H14N4O2S/c1-9(10-5-2-3-7-14-10)15-13(19)17-16-12(18)11-6-4-8-20-11/h2-9H,1H3,(H,16,18)(H2,15,17,19)/t9-/m1/s1. The van der Waals surface area contributed by atoms with Crippen LogP contribution in [0.5, 0.6) is 0 Å². The van der Waals surface area contributed by atoms with Gasteiger partial charge in [0.1, 0.15) is 0 Å². The van der Waals surface area contributed by atoms with Crippen LogP contribution >= 0.6 is 11.3 Å². The molecule has 3 N–H and O–H groups in total. The highest BCUT2D eigenvalue weighted by Gasteiger charge is 2.11. The lowest BCUT2D eigenvalue weighted by Crippen LogP contribution is -2.47. The van der Waals surface area contributed by atoms with Gasteiger partial charge in [0.15, 0.2) is 0 Å². The maximum Gasteiger partial charge on any atom is 0.334 e. The first kappa shape index (κ1) is 14.0. The molecule has 7 heteroatoms. The summed E-state index contributed by atoms with van der Waals surface area (Å²) in [5.41, 5.74) is 5.37. The molecule has 104 valence electrons. The number of urea groups is 1. The summed E-state index contributed by atoms with van der Waals surface area (Å²) in [6, 6.07) is 8.16. The van der Waals surface area contributed by atoms with E-state index in [-0.39, 0.29) is 11.9 Å². The number of hydrogen-bond acceptors (Lipinski definition) is 4. The summed E-state index contributed by atoms with van der Waals surface area (Å²) < 4.78 is 0. The third-order valence-electron chi connectivity index (χ3n) is 2.51. The van der Waals surface area contributed by atoms with E-state index in [1.807, 2.05) is 19.1 Å². The monoisotopic (exact) mass is 290 g/mol. The van der Waals surface area contributed by atoms with E-state index in [1.54, 1.807) is 29.8 Å². The number of nitrogens with one attached hydrogen (secondary N) is 3. The predicted molar refractivity (Wildman–Crippen MR) is 76.1 cm³/mol. The Morgan fingerprint density at radius 2 is 2.05 bits per heavy atom. The minimum absolute atomic E-state index is 0.255. The van der Waals surface area contributed by atoms with Crippen LogP contribution in [0.1, 0.15) is 28.3 Å². The molecule has 0 aliphatic rings. The van der Waals surface area contributed by atoms with E-state index in [1.165, 1.54) is 11.3 Å². The van der Waals surface area contributed by atoms with Gasteiger partial charge in [-0.3, -0.25) is 15.2 Å². The molecule has 2 rings (SSSR count). The number of aromatic nitrogens is 1. The summed E-state index contributed by atoms with van der Waals surface area (Å²) >= 11 is 1.30. The molecule has 0 bridgehead atoms. The van der Waals surface area contributed by atoms with Gasteiger partial charge in [0.05, 0.1) is 16.6 Å². The fourth-order valence-corrected chi connectivity index (χ4v) is 2.14. The summed E-state index contributed by atoms with van der Waals surface area (Å²) in [6.45, 7) is 1.81. The summed E-state index contributed by atoms with van der Waals surface area (Å²) in [5, 5.41) is 4.46. The first-order valence-electron chi connectivity index (χ1n) is 5.98. The van der Waals surface area contributed by atoms with Crippen molar-refractivity contribution in [3.05, 3.63) is 52.5 Å². The highest BCUT2D eigenvalue weighted by Crippen LogP contribution is 2.08. The van der Waals surface area contributed by atoms with Crippen molar-refractivity contribution in [1.29, 1.82) is 0 Å². The van der Waals surface area contributed by atoms with Crippen LogP contribution in [0.4, 0.5) is 4.79 Å². The normalized spacial score (nSPS) is 11.4. The molecule has 0 saturated carbocycles. The number of nitrogens with zero attached hydrogens (tertiary/aromatic N) is 1. The molecule has 0 unspecified atom stereocenters. The lowest BCUT2D eigenvalue weighted by atomic mass is 10.2. The highest BCUT2D eigenvalue weighted by atomic mass is 32.1. The van der Waals surface area contributed by atoms with Crippen LogP contribution in [0.2, 0.25) is 0 Å². The van der Waals surface area contributed by atoms with Crippen LogP contribution in [-0.4, -0.2) is 16.9 Å². The Hall–Kier alpha value is -2.41. The van der Waals surface area contributed by atoms with Crippen LogP contribution in [0.3, 0.4) is 0 Å². The first-order chi connectivity index (χ1) is 9.66. The molecular formula is C13H14N4O2S. The topological polar surface area (TPSA) is 83.1 Å². The van der Waals surface area contributed by atoms with Gasteiger partial charge in [-0.1, -0.05) is 12.1 Å². The molecule has 2 heterocycles. The van der Waals surface area contributed by atoms with Crippen molar-refractivity contribution in [2.24, 2.45) is 0 Å². The van der Waals surface area contributed by atoms with Gasteiger partial charge in [-0.25, -0.2) is 10.2 Å². The molecule has 0 radical (unpaired) electrons. The zero-order valence-corrected chi connectivity index (χ0v) is 11.6. The summed E-state index contributed by atoms with van der Waals surface area (Å²) in [6.07, 6.45) is 1.66. The number of thiophene rings is 1. The predicted octanol–water partition coefficient (Wildman–Crippen LogP) is 1.85. The average molecular weight is 290 g/mol. The number of hydrogen-bond donors (Lipinski definition) is 3. The second-order valence-electron chi connectivity index (χ2n) is 4.01. The van der Waals surface area contributed by atoms with Gasteiger partial charge >= 0.3 is 6.03 Å². The lowest BCUT2D eigenvalue weighted by molar-refractivity contribution is 0.0940. The molecule has 6 nitrogen and oxygen atoms in total. The molecule has 0 aliphatic heterocycles. The molecule has 3 amide bonds. The maximum atomic E-state index is 11.6. The molecule has 0 spiro atoms. The van der Waals surface area contributed by atoms with Crippen molar-refractivity contribution < 1.29 is 9.59 Å². The van der Waals surface area contributed by atoms with E-state index in [9.17, 15) is 9.59 Å². The number of hydrazine groups is 1. The largest absolute Gasteiger partial charge is 0.334 e. The number of carbonyl (C=O) groups is 2. The molecule has 0 aromatic carbocycles. The van der Waals surface area contributed by atoms with Gasteiger partial charge < -0.3 is 5.32 Å². The average Bonchev–Trinajstić information content (AvgIpc) is 3.00. The summed E-state index contributed by atoms with van der Waals surface area (Å²) in [4.78, 5) is 27.9. The van der Waals surface area contributed by atoms with E-state index in [0.717, 1.165) is 5.69 Å². The van der Waals surface area contributed by atoms with E-state index in [2.05, 4.69) is 21.2 Å². The van der Waals surface area contributed by atoms with Crippen LogP contribution in [0.15, 0.2) is 41.9 Å². The molecule has 0 fully saturated rings. The van der Waals surface area contributed by atoms with Crippen LogP contribution < -0.4 is 16.2 Å². The minimum atomic E-state index is -0.493. The third kappa shape index (κ3) is 3.79. The second-order valence-corrected chi connectivity index (χ2v) is 4.95. The first-order valence-corrected chi connectivity index (χ1v) is 6.86. The fraction of sp³-hybridized carbons (Fsp3) is 0.154. The Bertz CT molecular complexity index is 571. The molecule has 1 atom stereocenters. The van der Waals surface area contributed by atoms with E-state index in [0.29, 0.717) is 4.88 Å². The van der Waals surface area contributed by atoms with Crippen molar-refractivity contribution >= 4 is 23.3 Å². The van der Waals surface area contributed by atoms with Crippen molar-refractivity contribution in [2.45, 2.75) is 13.0 Å². The molecule has 2 aromatic rings. The van der Waals surface area contributed by atoms with Crippen molar-refractivity contribution in [3.63, 3.8) is 0 Å². The number of rotatable bonds is 3. The number of amides is 3. The maximum absolute atomic E-state index is 11.6. The van der Waals surface area contributed by atoms with Crippen LogP contribution in [-0.2, 0) is 0 Å². The SMILES string of the molecule is C[C@@H](NC(=O)NNC(=O)c1cccs1)c1ccccn1. The Morgan fingerprint density at radius 3 is 2.70 bits per heavy atom. The Labute approximate surface area is 120 Å². The molecule has 20 heavy (non-hydrogen) atoms. The Kier molecular flexibility index (Phi) is 4.67. The minimum Gasteiger partial charge on any atom is -0.329 e. The van der Waals surface area contributed by atoms with E-state index >= 15 is 0 Å². The fourth-order valence-electron chi connectivity index (χ4n) is 1.52. The van der Waals surface area contributed by atoms with Crippen LogP contribution in [0.25, 0.3) is 0 Å². The van der Waals surface area contributed by atoms with Crippen molar-refractivity contribution in [2.75, 3.05) is 0 Å². The second kappa shape index (κ2) is 6.67. The number of pyridine rings is 1. The van der Waals surface area contributed by atoms with Crippen molar-refractivity contribution in [1.82, 2.24) is 21.2 Å². The van der Waals surface area contributed by atoms with Gasteiger partial charge in [0.2, 0.25) is 0 Å². The highest BCUT2D eigenvalue weighted by molar-refractivity contribution is 7.12. The quantitative estimate of drug-likeness (QED) is 0.754. The van der Waals surface area contributed by atoms with Crippen molar-refractivity contribution in [3.8, 4) is 0 Å². The Morgan fingerprint density at radius 1 is 1.20 bits per heavy atom. The Balaban J connectivity index is 1.80. The van der Waals surface area contributed by atoms with Gasteiger partial charge in [-0.2, -0.15) is 0 Å². The lowest BCUT2D eigenvalue weighted by Gasteiger charge is -2.14. The smallest absolute Gasteiger partial charge is 0.329 e. The van der Waals surface area contributed by atoms with Gasteiger partial charge in [-0.05, 0) is 30.5 Å². The zero-order chi connectivity index (χ0) is 14.4. The third-order valence-corrected chi connectivity index (χ3v) is 3.38. The molecule has 2 aromatic heterocycles. The van der Waals surface area contributed by atoms with Gasteiger partial charge in [0, 0.05) is 6.20 Å². The molecule has 0 aliphatic carbocycles. The van der Waals surface area contributed by atoms with Gasteiger partial charge in [-0.15, -0.1) is 11.3 Å².